The minimum atomic E-state index is 0.474. The largest absolute Gasteiger partial charge is 0.372 e. The second-order valence-corrected chi connectivity index (χ2v) is 7.53. The normalized spacial score (nSPS) is 11.0. The average molecular weight is 397 g/mol. The standard InChI is InChI=1S/C23H32N4S/c1-5-7-16-27(6-2)22-14-8-19(9-15-22)17-24-26-23(28)25-21-12-10-20(11-13-21)18(3)4/h8-15,17-18H,5-7,16H2,1-4H3,(H2,25,26,28)/b24-17+. The van der Waals surface area contributed by atoms with Gasteiger partial charge in [0.2, 0.25) is 0 Å². The fourth-order valence-electron chi connectivity index (χ4n) is 2.87. The second kappa shape index (κ2) is 11.4. The third-order valence-electron chi connectivity index (χ3n) is 4.64. The number of nitrogens with one attached hydrogen (secondary N) is 2. The highest BCUT2D eigenvalue weighted by atomic mass is 32.1. The summed E-state index contributed by atoms with van der Waals surface area (Å²) in [6.45, 7) is 10.9. The Hall–Kier alpha value is -2.40. The van der Waals surface area contributed by atoms with E-state index >= 15 is 0 Å². The molecule has 0 spiro atoms. The van der Waals surface area contributed by atoms with Gasteiger partial charge in [0.15, 0.2) is 5.11 Å². The van der Waals surface area contributed by atoms with Crippen molar-refractivity contribution in [2.45, 2.75) is 46.5 Å². The molecule has 28 heavy (non-hydrogen) atoms. The van der Waals surface area contributed by atoms with Gasteiger partial charge in [-0.2, -0.15) is 5.10 Å². The van der Waals surface area contributed by atoms with Crippen LogP contribution in [-0.4, -0.2) is 24.4 Å². The smallest absolute Gasteiger partial charge is 0.191 e. The predicted octanol–water partition coefficient (Wildman–Crippen LogP) is 5.76. The summed E-state index contributed by atoms with van der Waals surface area (Å²) in [5, 5.41) is 7.85. The second-order valence-electron chi connectivity index (χ2n) is 7.13. The molecule has 0 saturated heterocycles. The van der Waals surface area contributed by atoms with Crippen LogP contribution in [0.1, 0.15) is 57.6 Å². The molecule has 0 aliphatic heterocycles. The summed E-state index contributed by atoms with van der Waals surface area (Å²) in [6, 6.07) is 16.7. The minimum absolute atomic E-state index is 0.474. The molecule has 0 aliphatic rings. The Labute approximate surface area is 175 Å². The number of nitrogens with zero attached hydrogens (tertiary/aromatic N) is 2. The maximum absolute atomic E-state index is 5.30. The molecule has 0 amide bonds. The van der Waals surface area contributed by atoms with Gasteiger partial charge >= 0.3 is 0 Å². The first-order valence-corrected chi connectivity index (χ1v) is 10.5. The Morgan fingerprint density at radius 3 is 2.32 bits per heavy atom. The zero-order valence-electron chi connectivity index (χ0n) is 17.4. The predicted molar refractivity (Wildman–Crippen MR) is 127 cm³/mol. The topological polar surface area (TPSA) is 39.7 Å². The summed E-state index contributed by atoms with van der Waals surface area (Å²) in [5.41, 5.74) is 7.42. The molecule has 5 heteroatoms. The van der Waals surface area contributed by atoms with Crippen molar-refractivity contribution in [1.29, 1.82) is 0 Å². The lowest BCUT2D eigenvalue weighted by Crippen LogP contribution is -2.24. The van der Waals surface area contributed by atoms with E-state index in [0.717, 1.165) is 24.3 Å². The van der Waals surface area contributed by atoms with Crippen molar-refractivity contribution >= 4 is 34.9 Å². The summed E-state index contributed by atoms with van der Waals surface area (Å²) in [7, 11) is 0. The van der Waals surface area contributed by atoms with E-state index < -0.39 is 0 Å². The van der Waals surface area contributed by atoms with Crippen LogP contribution in [0, 0.1) is 0 Å². The van der Waals surface area contributed by atoms with Crippen LogP contribution < -0.4 is 15.6 Å². The van der Waals surface area contributed by atoms with Crippen molar-refractivity contribution in [2.75, 3.05) is 23.3 Å². The first-order valence-electron chi connectivity index (χ1n) is 10.1. The summed E-state index contributed by atoms with van der Waals surface area (Å²) in [5.74, 6) is 0.520. The van der Waals surface area contributed by atoms with Gasteiger partial charge in [-0.25, -0.2) is 0 Å². The van der Waals surface area contributed by atoms with Gasteiger partial charge in [-0.05, 0) is 66.9 Å². The molecule has 0 radical (unpaired) electrons. The molecule has 0 fully saturated rings. The van der Waals surface area contributed by atoms with E-state index in [0.29, 0.717) is 11.0 Å². The minimum Gasteiger partial charge on any atom is -0.372 e. The van der Waals surface area contributed by atoms with Crippen LogP contribution in [-0.2, 0) is 0 Å². The Bertz CT molecular complexity index is 751. The fraction of sp³-hybridized carbons (Fsp3) is 0.391. The number of anilines is 2. The SMILES string of the molecule is CCCCN(CC)c1ccc(/C=N/NC(=S)Nc2ccc(C(C)C)cc2)cc1. The molecule has 2 aromatic rings. The monoisotopic (exact) mass is 396 g/mol. The van der Waals surface area contributed by atoms with E-state index in [9.17, 15) is 0 Å². The molecule has 0 aromatic heterocycles. The number of hydrogen-bond donors (Lipinski definition) is 2. The molecular weight excluding hydrogens is 364 g/mol. The van der Waals surface area contributed by atoms with E-state index in [-0.39, 0.29) is 0 Å². The van der Waals surface area contributed by atoms with Crippen LogP contribution in [0.5, 0.6) is 0 Å². The van der Waals surface area contributed by atoms with Crippen molar-refractivity contribution in [3.05, 3.63) is 59.7 Å². The van der Waals surface area contributed by atoms with Gasteiger partial charge in [-0.15, -0.1) is 0 Å². The van der Waals surface area contributed by atoms with Crippen LogP contribution in [0.15, 0.2) is 53.6 Å². The van der Waals surface area contributed by atoms with Crippen LogP contribution in [0.3, 0.4) is 0 Å². The Morgan fingerprint density at radius 1 is 1.07 bits per heavy atom. The molecule has 2 N–H and O–H groups in total. The van der Waals surface area contributed by atoms with Crippen LogP contribution in [0.25, 0.3) is 0 Å². The third-order valence-corrected chi connectivity index (χ3v) is 4.83. The lowest BCUT2D eigenvalue weighted by molar-refractivity contribution is 0.732. The number of hydrogen-bond acceptors (Lipinski definition) is 3. The summed E-state index contributed by atoms with van der Waals surface area (Å²) >= 11 is 5.30. The Kier molecular flexibility index (Phi) is 8.95. The van der Waals surface area contributed by atoms with Crippen molar-refractivity contribution in [1.82, 2.24) is 5.43 Å². The van der Waals surface area contributed by atoms with Crippen molar-refractivity contribution in [3.63, 3.8) is 0 Å². The molecule has 0 unspecified atom stereocenters. The zero-order valence-corrected chi connectivity index (χ0v) is 18.2. The maximum atomic E-state index is 5.30. The van der Waals surface area contributed by atoms with Gasteiger partial charge in [0.25, 0.3) is 0 Å². The zero-order chi connectivity index (χ0) is 20.4. The van der Waals surface area contributed by atoms with Crippen molar-refractivity contribution in [3.8, 4) is 0 Å². The molecule has 0 aliphatic carbocycles. The summed E-state index contributed by atoms with van der Waals surface area (Å²) in [6.07, 6.45) is 4.20. The van der Waals surface area contributed by atoms with Crippen LogP contribution in [0.4, 0.5) is 11.4 Å². The fourth-order valence-corrected chi connectivity index (χ4v) is 3.04. The van der Waals surface area contributed by atoms with E-state index in [1.807, 2.05) is 12.1 Å². The number of unbranched alkanes of at least 4 members (excludes halogenated alkanes) is 1. The first-order chi connectivity index (χ1) is 13.5. The molecule has 2 rings (SSSR count). The molecule has 4 nitrogen and oxygen atoms in total. The van der Waals surface area contributed by atoms with E-state index in [1.54, 1.807) is 6.21 Å². The molecule has 0 heterocycles. The Morgan fingerprint density at radius 2 is 1.75 bits per heavy atom. The Balaban J connectivity index is 1.85. The van der Waals surface area contributed by atoms with Gasteiger partial charge < -0.3 is 10.2 Å². The van der Waals surface area contributed by atoms with Crippen molar-refractivity contribution in [2.24, 2.45) is 5.10 Å². The molecule has 0 atom stereocenters. The number of thiocarbonyl (C=S) groups is 1. The number of hydrazone groups is 1. The lowest BCUT2D eigenvalue weighted by atomic mass is 10.0. The van der Waals surface area contributed by atoms with E-state index in [4.69, 9.17) is 12.2 Å². The maximum Gasteiger partial charge on any atom is 0.191 e. The first kappa shape index (κ1) is 21.9. The lowest BCUT2D eigenvalue weighted by Gasteiger charge is -2.22. The molecule has 150 valence electrons. The van der Waals surface area contributed by atoms with Crippen molar-refractivity contribution < 1.29 is 0 Å². The number of benzene rings is 2. The molecule has 0 bridgehead atoms. The summed E-state index contributed by atoms with van der Waals surface area (Å²) < 4.78 is 0. The van der Waals surface area contributed by atoms with Crippen LogP contribution in [0.2, 0.25) is 0 Å². The van der Waals surface area contributed by atoms with Gasteiger partial charge in [-0.1, -0.05) is 51.5 Å². The highest BCUT2D eigenvalue weighted by molar-refractivity contribution is 7.80. The van der Waals surface area contributed by atoms with E-state index in [2.05, 4.69) is 84.8 Å². The quantitative estimate of drug-likeness (QED) is 0.321. The van der Waals surface area contributed by atoms with Crippen LogP contribution >= 0.6 is 12.2 Å². The highest BCUT2D eigenvalue weighted by Crippen LogP contribution is 2.17. The molecule has 0 saturated carbocycles. The molecule has 2 aromatic carbocycles. The third kappa shape index (κ3) is 6.97. The summed E-state index contributed by atoms with van der Waals surface area (Å²) in [4.78, 5) is 2.40. The molecular formula is C23H32N4S. The number of rotatable bonds is 9. The van der Waals surface area contributed by atoms with Gasteiger partial charge in [0, 0.05) is 24.5 Å². The van der Waals surface area contributed by atoms with Gasteiger partial charge in [0.05, 0.1) is 6.21 Å². The van der Waals surface area contributed by atoms with Gasteiger partial charge in [0.1, 0.15) is 0 Å². The average Bonchev–Trinajstić information content (AvgIpc) is 2.70. The van der Waals surface area contributed by atoms with Gasteiger partial charge in [-0.3, -0.25) is 5.43 Å². The highest BCUT2D eigenvalue weighted by Gasteiger charge is 2.03. The van der Waals surface area contributed by atoms with E-state index in [1.165, 1.54) is 24.1 Å².